The van der Waals surface area contributed by atoms with Crippen molar-refractivity contribution in [1.82, 2.24) is 20.1 Å². The number of amides is 2. The SMILES string of the molecule is C=C1N(C=NC)CCC(NC(=O)c2cc3c(cn2)CO[C@]3(C)CC)C(=O)N1C. The van der Waals surface area contributed by atoms with Crippen LogP contribution < -0.4 is 5.32 Å². The standard InChI is InChI=1S/C20H27N5O3/c1-6-20(3)15-9-17(22-10-14(15)11-28-20)18(26)23-16-7-8-25(12-21-4)13(2)24(5)19(16)27/h9-10,12,16H,2,6-8,11H2,1,3-5H3,(H,23,26)/t16?,20-/m1/s1. The zero-order valence-corrected chi connectivity index (χ0v) is 16.9. The summed E-state index contributed by atoms with van der Waals surface area (Å²) in [6, 6.07) is 1.12. The highest BCUT2D eigenvalue weighted by molar-refractivity contribution is 5.96. The van der Waals surface area contributed by atoms with Crippen LogP contribution in [0, 0.1) is 0 Å². The molecule has 0 aromatic carbocycles. The van der Waals surface area contributed by atoms with Gasteiger partial charge in [-0.15, -0.1) is 0 Å². The molecule has 150 valence electrons. The van der Waals surface area contributed by atoms with Crippen LogP contribution in [-0.4, -0.2) is 59.6 Å². The Morgan fingerprint density at radius 2 is 2.32 bits per heavy atom. The number of rotatable bonds is 4. The molecule has 8 heteroatoms. The van der Waals surface area contributed by atoms with E-state index in [1.54, 1.807) is 37.6 Å². The number of carbonyl (C=O) groups excluding carboxylic acids is 2. The van der Waals surface area contributed by atoms with Crippen molar-refractivity contribution < 1.29 is 14.3 Å². The highest BCUT2D eigenvalue weighted by Gasteiger charge is 2.36. The van der Waals surface area contributed by atoms with E-state index in [1.165, 1.54) is 4.90 Å². The lowest BCUT2D eigenvalue weighted by molar-refractivity contribution is -0.130. The number of carbonyl (C=O) groups is 2. The Morgan fingerprint density at radius 3 is 3.00 bits per heavy atom. The van der Waals surface area contributed by atoms with E-state index in [2.05, 4.69) is 21.9 Å². The number of hydrogen-bond donors (Lipinski definition) is 1. The molecule has 2 aliphatic heterocycles. The molecule has 3 rings (SSSR count). The van der Waals surface area contributed by atoms with E-state index in [-0.39, 0.29) is 17.5 Å². The molecular formula is C20H27N5O3. The fraction of sp³-hybridized carbons (Fsp3) is 0.500. The summed E-state index contributed by atoms with van der Waals surface area (Å²) in [5, 5.41) is 2.83. The van der Waals surface area contributed by atoms with Gasteiger partial charge in [-0.25, -0.2) is 0 Å². The van der Waals surface area contributed by atoms with Crippen LogP contribution in [0.4, 0.5) is 0 Å². The molecule has 8 nitrogen and oxygen atoms in total. The molecule has 1 unspecified atom stereocenters. The first kappa shape index (κ1) is 20.0. The molecule has 2 atom stereocenters. The van der Waals surface area contributed by atoms with Crippen molar-refractivity contribution >= 4 is 18.2 Å². The summed E-state index contributed by atoms with van der Waals surface area (Å²) in [6.07, 6.45) is 4.56. The molecule has 3 heterocycles. The lowest BCUT2D eigenvalue weighted by Crippen LogP contribution is -2.46. The van der Waals surface area contributed by atoms with Gasteiger partial charge in [-0.3, -0.25) is 19.6 Å². The summed E-state index contributed by atoms with van der Waals surface area (Å²) in [6.45, 7) is 9.03. The van der Waals surface area contributed by atoms with E-state index in [1.807, 2.05) is 13.8 Å². The third kappa shape index (κ3) is 3.52. The van der Waals surface area contributed by atoms with Crippen LogP contribution in [0.5, 0.6) is 0 Å². The van der Waals surface area contributed by atoms with E-state index >= 15 is 0 Å². The fourth-order valence-electron chi connectivity index (χ4n) is 3.53. The van der Waals surface area contributed by atoms with Crippen molar-refractivity contribution in [1.29, 1.82) is 0 Å². The molecule has 2 aliphatic rings. The van der Waals surface area contributed by atoms with E-state index in [9.17, 15) is 9.59 Å². The molecule has 0 bridgehead atoms. The van der Waals surface area contributed by atoms with Crippen LogP contribution >= 0.6 is 0 Å². The molecule has 1 N–H and O–H groups in total. The molecule has 0 saturated carbocycles. The number of nitrogens with zero attached hydrogens (tertiary/aromatic N) is 4. The first-order valence-electron chi connectivity index (χ1n) is 9.40. The van der Waals surface area contributed by atoms with Gasteiger partial charge in [-0.05, 0) is 31.4 Å². The normalized spacial score (nSPS) is 25.2. The van der Waals surface area contributed by atoms with Crippen molar-refractivity contribution in [3.8, 4) is 0 Å². The Morgan fingerprint density at radius 1 is 1.57 bits per heavy atom. The van der Waals surface area contributed by atoms with Crippen molar-refractivity contribution in [2.45, 2.75) is 44.9 Å². The number of aromatic nitrogens is 1. The topological polar surface area (TPSA) is 87.1 Å². The maximum Gasteiger partial charge on any atom is 0.270 e. The van der Waals surface area contributed by atoms with Crippen molar-refractivity contribution in [2.24, 2.45) is 4.99 Å². The van der Waals surface area contributed by atoms with Crippen molar-refractivity contribution in [2.75, 3.05) is 20.6 Å². The lowest BCUT2D eigenvalue weighted by atomic mass is 9.92. The van der Waals surface area contributed by atoms with Gasteiger partial charge >= 0.3 is 0 Å². The Balaban J connectivity index is 1.79. The number of hydrogen-bond acceptors (Lipinski definition) is 5. The van der Waals surface area contributed by atoms with Crippen molar-refractivity contribution in [3.05, 3.63) is 41.5 Å². The molecule has 28 heavy (non-hydrogen) atoms. The number of aliphatic imine (C=N–C) groups is 1. The molecule has 0 aliphatic carbocycles. The highest BCUT2D eigenvalue weighted by atomic mass is 16.5. The average molecular weight is 385 g/mol. The first-order chi connectivity index (χ1) is 13.3. The van der Waals surface area contributed by atoms with E-state index in [4.69, 9.17) is 4.74 Å². The minimum atomic E-state index is -0.659. The Labute approximate surface area is 165 Å². The largest absolute Gasteiger partial charge is 0.366 e. The molecule has 0 radical (unpaired) electrons. The number of nitrogens with one attached hydrogen (secondary N) is 1. The van der Waals surface area contributed by atoms with Gasteiger partial charge in [0.15, 0.2) is 0 Å². The smallest absolute Gasteiger partial charge is 0.270 e. The highest BCUT2D eigenvalue weighted by Crippen LogP contribution is 2.38. The number of ether oxygens (including phenoxy) is 1. The van der Waals surface area contributed by atoms with E-state index in [0.717, 1.165) is 17.5 Å². The Kier molecular flexibility index (Phi) is 5.51. The number of pyridine rings is 1. The van der Waals surface area contributed by atoms with Crippen LogP contribution in [0.15, 0.2) is 29.7 Å². The summed E-state index contributed by atoms with van der Waals surface area (Å²) >= 11 is 0. The summed E-state index contributed by atoms with van der Waals surface area (Å²) in [5.41, 5.74) is 1.85. The molecule has 1 saturated heterocycles. The fourth-order valence-corrected chi connectivity index (χ4v) is 3.53. The second kappa shape index (κ2) is 7.71. The molecule has 2 amide bonds. The maximum atomic E-state index is 12.8. The quantitative estimate of drug-likeness (QED) is 0.629. The third-order valence-electron chi connectivity index (χ3n) is 5.58. The zero-order valence-electron chi connectivity index (χ0n) is 16.9. The van der Waals surface area contributed by atoms with Crippen LogP contribution in [0.25, 0.3) is 0 Å². The van der Waals surface area contributed by atoms with Gasteiger partial charge in [0.2, 0.25) is 5.91 Å². The molecule has 1 fully saturated rings. The molecular weight excluding hydrogens is 358 g/mol. The summed E-state index contributed by atoms with van der Waals surface area (Å²) in [5.74, 6) is -0.0600. The van der Waals surface area contributed by atoms with Gasteiger partial charge in [-0.2, -0.15) is 0 Å². The summed E-state index contributed by atoms with van der Waals surface area (Å²) in [7, 11) is 3.30. The Bertz CT molecular complexity index is 837. The zero-order chi connectivity index (χ0) is 20.5. The van der Waals surface area contributed by atoms with Gasteiger partial charge in [0, 0.05) is 32.4 Å². The molecule has 0 spiro atoms. The average Bonchev–Trinajstić information content (AvgIpc) is 3.00. The predicted molar refractivity (Wildman–Crippen MR) is 106 cm³/mol. The van der Waals surface area contributed by atoms with Gasteiger partial charge in [-0.1, -0.05) is 13.5 Å². The van der Waals surface area contributed by atoms with Gasteiger partial charge in [0.25, 0.3) is 5.91 Å². The van der Waals surface area contributed by atoms with Gasteiger partial charge in [0.1, 0.15) is 17.6 Å². The summed E-state index contributed by atoms with van der Waals surface area (Å²) < 4.78 is 5.88. The second-order valence-corrected chi connectivity index (χ2v) is 7.30. The predicted octanol–water partition coefficient (Wildman–Crippen LogP) is 1.63. The van der Waals surface area contributed by atoms with E-state index < -0.39 is 11.6 Å². The number of fused-ring (bicyclic) bond motifs is 1. The van der Waals surface area contributed by atoms with E-state index in [0.29, 0.717) is 25.4 Å². The Hall–Kier alpha value is -2.74. The minimum Gasteiger partial charge on any atom is -0.366 e. The van der Waals surface area contributed by atoms with Crippen molar-refractivity contribution in [3.63, 3.8) is 0 Å². The van der Waals surface area contributed by atoms with Gasteiger partial charge in [0.05, 0.1) is 18.5 Å². The second-order valence-electron chi connectivity index (χ2n) is 7.30. The molecule has 1 aromatic rings. The number of likely N-dealkylation sites (N-methyl/N-ethyl adjacent to an activating group) is 1. The van der Waals surface area contributed by atoms with Crippen LogP contribution in [0.2, 0.25) is 0 Å². The van der Waals surface area contributed by atoms with Crippen LogP contribution in [0.3, 0.4) is 0 Å². The monoisotopic (exact) mass is 385 g/mol. The van der Waals surface area contributed by atoms with Gasteiger partial charge < -0.3 is 19.9 Å². The third-order valence-corrected chi connectivity index (χ3v) is 5.58. The van der Waals surface area contributed by atoms with Crippen LogP contribution in [-0.2, 0) is 21.7 Å². The van der Waals surface area contributed by atoms with Crippen LogP contribution in [0.1, 0.15) is 48.3 Å². The minimum absolute atomic E-state index is 0.215. The lowest BCUT2D eigenvalue weighted by Gasteiger charge is -2.25. The summed E-state index contributed by atoms with van der Waals surface area (Å²) in [4.78, 5) is 37.1. The molecule has 1 aromatic heterocycles. The first-order valence-corrected chi connectivity index (χ1v) is 9.40. The maximum absolute atomic E-state index is 12.8.